The third-order valence-electron chi connectivity index (χ3n) is 2.41. The summed E-state index contributed by atoms with van der Waals surface area (Å²) in [5.74, 6) is -0.853. The highest BCUT2D eigenvalue weighted by Crippen LogP contribution is 2.33. The number of benzene rings is 2. The van der Waals surface area contributed by atoms with E-state index in [2.05, 4.69) is 5.32 Å². The second-order valence-electron chi connectivity index (χ2n) is 3.82. The molecule has 0 fully saturated rings. The normalized spacial score (nSPS) is 10.3. The third-order valence-corrected chi connectivity index (χ3v) is 3.01. The molecule has 3 nitrogen and oxygen atoms in total. The van der Waals surface area contributed by atoms with Crippen LogP contribution in [0.3, 0.4) is 0 Å². The highest BCUT2D eigenvalue weighted by Gasteiger charge is 2.12. The van der Waals surface area contributed by atoms with Crippen LogP contribution < -0.4 is 11.1 Å². The third kappa shape index (κ3) is 3.16. The summed E-state index contributed by atoms with van der Waals surface area (Å²) in [6, 6.07) is 8.08. The first kappa shape index (κ1) is 13.6. The van der Waals surface area contributed by atoms with E-state index in [1.165, 1.54) is 36.4 Å². The molecule has 6 heteroatoms. The van der Waals surface area contributed by atoms with Gasteiger partial charge in [-0.1, -0.05) is 23.2 Å². The zero-order valence-electron chi connectivity index (χ0n) is 9.58. The molecule has 98 valence electrons. The van der Waals surface area contributed by atoms with Crippen molar-refractivity contribution in [2.45, 2.75) is 0 Å². The number of rotatable bonds is 2. The van der Waals surface area contributed by atoms with Gasteiger partial charge in [0.1, 0.15) is 5.82 Å². The van der Waals surface area contributed by atoms with Crippen molar-refractivity contribution >= 4 is 40.5 Å². The van der Waals surface area contributed by atoms with Crippen LogP contribution in [-0.2, 0) is 0 Å². The molecule has 0 spiro atoms. The molecule has 0 saturated carbocycles. The van der Waals surface area contributed by atoms with Gasteiger partial charge in [0, 0.05) is 11.3 Å². The molecule has 3 N–H and O–H groups in total. The molecular formula is C13H9Cl2FN2O. The van der Waals surface area contributed by atoms with E-state index >= 15 is 0 Å². The van der Waals surface area contributed by atoms with Crippen molar-refractivity contribution in [1.29, 1.82) is 0 Å². The van der Waals surface area contributed by atoms with Gasteiger partial charge in [0.2, 0.25) is 0 Å². The molecule has 0 unspecified atom stereocenters. The number of nitrogens with two attached hydrogens (primary N) is 1. The van der Waals surface area contributed by atoms with Gasteiger partial charge in [-0.05, 0) is 36.4 Å². The first-order chi connectivity index (χ1) is 8.97. The van der Waals surface area contributed by atoms with Crippen LogP contribution in [0.25, 0.3) is 0 Å². The fraction of sp³-hybridized carbons (Fsp3) is 0. The Bertz CT molecular complexity index is 606. The summed E-state index contributed by atoms with van der Waals surface area (Å²) in [6.07, 6.45) is 0. The molecule has 2 rings (SSSR count). The minimum Gasteiger partial charge on any atom is -0.399 e. The van der Waals surface area contributed by atoms with Crippen LogP contribution >= 0.6 is 23.2 Å². The van der Waals surface area contributed by atoms with Gasteiger partial charge in [0.15, 0.2) is 0 Å². The second-order valence-corrected chi connectivity index (χ2v) is 4.63. The number of halogens is 3. The topological polar surface area (TPSA) is 55.1 Å². The number of amides is 1. The van der Waals surface area contributed by atoms with Crippen molar-refractivity contribution in [2.24, 2.45) is 0 Å². The minimum absolute atomic E-state index is 0.237. The summed E-state index contributed by atoms with van der Waals surface area (Å²) in [4.78, 5) is 11.9. The highest BCUT2D eigenvalue weighted by molar-refractivity contribution is 6.40. The van der Waals surface area contributed by atoms with Crippen LogP contribution in [0.5, 0.6) is 0 Å². The molecule has 0 radical (unpaired) electrons. The van der Waals surface area contributed by atoms with Gasteiger partial charge in [0.05, 0.1) is 15.7 Å². The predicted molar refractivity (Wildman–Crippen MR) is 75.2 cm³/mol. The van der Waals surface area contributed by atoms with E-state index in [-0.39, 0.29) is 15.7 Å². The Hall–Kier alpha value is -1.78. The van der Waals surface area contributed by atoms with E-state index in [9.17, 15) is 9.18 Å². The van der Waals surface area contributed by atoms with Crippen LogP contribution in [-0.4, -0.2) is 5.91 Å². The number of anilines is 2. The summed E-state index contributed by atoms with van der Waals surface area (Å²) in [5, 5.41) is 3.03. The van der Waals surface area contributed by atoms with Gasteiger partial charge in [-0.2, -0.15) is 0 Å². The van der Waals surface area contributed by atoms with Gasteiger partial charge < -0.3 is 11.1 Å². The molecule has 0 aliphatic rings. The monoisotopic (exact) mass is 298 g/mol. The number of carbonyl (C=O) groups is 1. The summed E-state index contributed by atoms with van der Waals surface area (Å²) in [7, 11) is 0. The Morgan fingerprint density at radius 2 is 1.63 bits per heavy atom. The summed E-state index contributed by atoms with van der Waals surface area (Å²) in [6.45, 7) is 0. The van der Waals surface area contributed by atoms with E-state index in [4.69, 9.17) is 28.9 Å². The predicted octanol–water partition coefficient (Wildman–Crippen LogP) is 3.97. The second kappa shape index (κ2) is 5.47. The lowest BCUT2D eigenvalue weighted by Gasteiger charge is -2.10. The SMILES string of the molecule is Nc1cc(Cl)c(NC(=O)c2ccc(F)cc2)c(Cl)c1. The van der Waals surface area contributed by atoms with Crippen molar-refractivity contribution in [3.63, 3.8) is 0 Å². The van der Waals surface area contributed by atoms with Crippen LogP contribution in [0.15, 0.2) is 36.4 Å². The zero-order valence-corrected chi connectivity index (χ0v) is 11.1. The molecule has 0 heterocycles. The lowest BCUT2D eigenvalue weighted by molar-refractivity contribution is 0.102. The highest BCUT2D eigenvalue weighted by atomic mass is 35.5. The lowest BCUT2D eigenvalue weighted by atomic mass is 10.2. The fourth-order valence-electron chi connectivity index (χ4n) is 1.50. The Morgan fingerprint density at radius 3 is 2.16 bits per heavy atom. The van der Waals surface area contributed by atoms with Gasteiger partial charge in [-0.3, -0.25) is 4.79 Å². The molecule has 0 saturated heterocycles. The largest absolute Gasteiger partial charge is 0.399 e. The summed E-state index contributed by atoms with van der Waals surface area (Å²) < 4.78 is 12.8. The van der Waals surface area contributed by atoms with Crippen molar-refractivity contribution in [3.8, 4) is 0 Å². The van der Waals surface area contributed by atoms with Gasteiger partial charge in [-0.25, -0.2) is 4.39 Å². The maximum Gasteiger partial charge on any atom is 0.255 e. The molecule has 19 heavy (non-hydrogen) atoms. The Balaban J connectivity index is 2.26. The van der Waals surface area contributed by atoms with Crippen LogP contribution in [0.2, 0.25) is 10.0 Å². The quantitative estimate of drug-likeness (QED) is 0.824. The number of hydrogen-bond donors (Lipinski definition) is 2. The van der Waals surface area contributed by atoms with Crippen LogP contribution in [0.1, 0.15) is 10.4 Å². The van der Waals surface area contributed by atoms with Gasteiger partial charge in [-0.15, -0.1) is 0 Å². The van der Waals surface area contributed by atoms with Crippen molar-refractivity contribution in [3.05, 3.63) is 57.8 Å². The van der Waals surface area contributed by atoms with E-state index in [1.54, 1.807) is 0 Å². The van der Waals surface area contributed by atoms with Gasteiger partial charge >= 0.3 is 0 Å². The molecule has 2 aromatic rings. The summed E-state index contributed by atoms with van der Waals surface area (Å²) >= 11 is 11.9. The number of carbonyl (C=O) groups excluding carboxylic acids is 1. The van der Waals surface area contributed by atoms with E-state index in [0.29, 0.717) is 11.3 Å². The Kier molecular flexibility index (Phi) is 3.93. The Morgan fingerprint density at radius 1 is 1.11 bits per heavy atom. The first-order valence-electron chi connectivity index (χ1n) is 5.29. The van der Waals surface area contributed by atoms with E-state index < -0.39 is 11.7 Å². The summed E-state index contributed by atoms with van der Waals surface area (Å²) in [5.41, 5.74) is 6.53. The average Bonchev–Trinajstić information content (AvgIpc) is 2.34. The van der Waals surface area contributed by atoms with E-state index in [0.717, 1.165) is 0 Å². The number of nitrogen functional groups attached to an aromatic ring is 1. The van der Waals surface area contributed by atoms with Crippen molar-refractivity contribution in [2.75, 3.05) is 11.1 Å². The molecule has 0 aromatic heterocycles. The molecular weight excluding hydrogens is 290 g/mol. The fourth-order valence-corrected chi connectivity index (χ4v) is 2.10. The van der Waals surface area contributed by atoms with E-state index in [1.807, 2.05) is 0 Å². The zero-order chi connectivity index (χ0) is 14.0. The Labute approximate surface area is 119 Å². The number of hydrogen-bond acceptors (Lipinski definition) is 2. The maximum absolute atomic E-state index is 12.8. The van der Waals surface area contributed by atoms with Crippen LogP contribution in [0.4, 0.5) is 15.8 Å². The van der Waals surface area contributed by atoms with Crippen molar-refractivity contribution < 1.29 is 9.18 Å². The van der Waals surface area contributed by atoms with Crippen molar-refractivity contribution in [1.82, 2.24) is 0 Å². The molecule has 2 aromatic carbocycles. The molecule has 0 aliphatic heterocycles. The van der Waals surface area contributed by atoms with Gasteiger partial charge in [0.25, 0.3) is 5.91 Å². The molecule has 1 amide bonds. The van der Waals surface area contributed by atoms with Crippen LogP contribution in [0, 0.1) is 5.82 Å². The minimum atomic E-state index is -0.437. The maximum atomic E-state index is 12.8. The first-order valence-corrected chi connectivity index (χ1v) is 6.04. The number of nitrogens with one attached hydrogen (secondary N) is 1. The lowest BCUT2D eigenvalue weighted by Crippen LogP contribution is -2.12. The molecule has 0 aliphatic carbocycles. The molecule has 0 bridgehead atoms. The average molecular weight is 299 g/mol. The standard InChI is InChI=1S/C13H9Cl2FN2O/c14-10-5-9(17)6-11(15)12(10)18-13(19)7-1-3-8(16)4-2-7/h1-6H,17H2,(H,18,19). The smallest absolute Gasteiger partial charge is 0.255 e. The molecule has 0 atom stereocenters.